The molecule has 0 amide bonds. The van der Waals surface area contributed by atoms with Crippen LogP contribution in [-0.2, 0) is 0 Å². The second-order valence-electron chi connectivity index (χ2n) is 9.06. The van der Waals surface area contributed by atoms with Crippen molar-refractivity contribution in [3.05, 3.63) is 42.0 Å². The van der Waals surface area contributed by atoms with Crippen LogP contribution in [0.4, 0.5) is 20.4 Å². The van der Waals surface area contributed by atoms with Gasteiger partial charge in [0.25, 0.3) is 0 Å². The van der Waals surface area contributed by atoms with Gasteiger partial charge in [0, 0.05) is 31.3 Å². The normalized spacial score (nSPS) is 21.1. The number of aliphatic hydroxyl groups is 1. The third kappa shape index (κ3) is 3.75. The summed E-state index contributed by atoms with van der Waals surface area (Å²) in [6.45, 7) is 7.32. The Kier molecular flexibility index (Phi) is 5.15. The predicted molar refractivity (Wildman–Crippen MR) is 120 cm³/mol. The highest BCUT2D eigenvalue weighted by Gasteiger charge is 2.30. The number of hydrogen-bond acceptors (Lipinski definition) is 7. The average Bonchev–Trinajstić information content (AvgIpc) is 3.42. The predicted octanol–water partition coefficient (Wildman–Crippen LogP) is 2.91. The smallest absolute Gasteiger partial charge is 0.223 e. The van der Waals surface area contributed by atoms with Crippen LogP contribution in [0.5, 0.6) is 0 Å². The molecule has 0 unspecified atom stereocenters. The second kappa shape index (κ2) is 7.91. The molecule has 9 nitrogen and oxygen atoms in total. The van der Waals surface area contributed by atoms with Gasteiger partial charge in [0.05, 0.1) is 29.4 Å². The molecule has 1 saturated heterocycles. The van der Waals surface area contributed by atoms with Crippen LogP contribution >= 0.6 is 0 Å². The lowest BCUT2D eigenvalue weighted by molar-refractivity contribution is 0.132. The van der Waals surface area contributed by atoms with Crippen LogP contribution in [-0.4, -0.2) is 53.7 Å². The summed E-state index contributed by atoms with van der Waals surface area (Å²) >= 11 is 0. The number of aromatic nitrogens is 6. The third-order valence-electron chi connectivity index (χ3n) is 6.43. The number of aliphatic hydroxyl groups excluding tert-OH is 1. The molecule has 5 rings (SSSR count). The van der Waals surface area contributed by atoms with Crippen LogP contribution in [0.25, 0.3) is 16.6 Å². The molecule has 174 valence electrons. The Morgan fingerprint density at radius 3 is 2.73 bits per heavy atom. The van der Waals surface area contributed by atoms with Crippen molar-refractivity contribution in [3.63, 3.8) is 0 Å². The summed E-state index contributed by atoms with van der Waals surface area (Å²) < 4.78 is 31.3. The van der Waals surface area contributed by atoms with Crippen LogP contribution < -0.4 is 10.6 Å². The quantitative estimate of drug-likeness (QED) is 0.486. The maximum Gasteiger partial charge on any atom is 0.223 e. The standard InChI is InChI=1S/C22H26F2N8O/c1-11-4-14(9-30(8-11)16-7-26-31(10-16)12(2)13(3)33)20-28-21-17-5-15(23)6-18(24)19(17)27-22(25)32(21)29-20/h5-7,10-14,33H,4,8-9H2,1-3H3,(H2,25,27)/t11-,12+,13+,14+/m0/s1. The molecule has 33 heavy (non-hydrogen) atoms. The number of fused-ring (bicyclic) bond motifs is 3. The highest BCUT2D eigenvalue weighted by Crippen LogP contribution is 2.33. The highest BCUT2D eigenvalue weighted by atomic mass is 19.1. The summed E-state index contributed by atoms with van der Waals surface area (Å²) in [7, 11) is 0. The van der Waals surface area contributed by atoms with Crippen LogP contribution in [0, 0.1) is 17.6 Å². The summed E-state index contributed by atoms with van der Waals surface area (Å²) in [5.74, 6) is -0.601. The van der Waals surface area contributed by atoms with E-state index < -0.39 is 17.7 Å². The van der Waals surface area contributed by atoms with Gasteiger partial charge in [0.2, 0.25) is 5.95 Å². The lowest BCUT2D eigenvalue weighted by Gasteiger charge is -2.36. The molecule has 3 N–H and O–H groups in total. The van der Waals surface area contributed by atoms with E-state index in [1.165, 1.54) is 10.6 Å². The minimum atomic E-state index is -0.787. The summed E-state index contributed by atoms with van der Waals surface area (Å²) in [5.41, 5.74) is 7.23. The third-order valence-corrected chi connectivity index (χ3v) is 6.43. The van der Waals surface area contributed by atoms with Gasteiger partial charge in [0.1, 0.15) is 11.3 Å². The number of anilines is 2. The van der Waals surface area contributed by atoms with E-state index in [2.05, 4.69) is 32.0 Å². The van der Waals surface area contributed by atoms with Gasteiger partial charge in [-0.1, -0.05) is 6.92 Å². The van der Waals surface area contributed by atoms with Gasteiger partial charge < -0.3 is 15.7 Å². The summed E-state index contributed by atoms with van der Waals surface area (Å²) in [6.07, 6.45) is 4.08. The molecule has 0 aliphatic carbocycles. The zero-order valence-electron chi connectivity index (χ0n) is 18.7. The molecule has 3 aromatic heterocycles. The lowest BCUT2D eigenvalue weighted by atomic mass is 9.90. The van der Waals surface area contributed by atoms with Gasteiger partial charge in [-0.2, -0.15) is 9.61 Å². The molecule has 0 saturated carbocycles. The maximum atomic E-state index is 14.3. The van der Waals surface area contributed by atoms with Crippen molar-refractivity contribution in [2.75, 3.05) is 23.7 Å². The molecule has 1 aromatic carbocycles. The molecule has 1 aliphatic rings. The molecular weight excluding hydrogens is 430 g/mol. The van der Waals surface area contributed by atoms with Crippen LogP contribution in [0.3, 0.4) is 0 Å². The maximum absolute atomic E-state index is 14.3. The van der Waals surface area contributed by atoms with Crippen LogP contribution in [0.2, 0.25) is 0 Å². The Bertz CT molecular complexity index is 1330. The molecule has 0 bridgehead atoms. The van der Waals surface area contributed by atoms with E-state index in [4.69, 9.17) is 5.73 Å². The number of nitrogens with zero attached hydrogens (tertiary/aromatic N) is 7. The molecule has 4 aromatic rings. The van der Waals surface area contributed by atoms with Crippen molar-refractivity contribution >= 4 is 28.2 Å². The van der Waals surface area contributed by atoms with Gasteiger partial charge in [-0.05, 0) is 32.3 Å². The van der Waals surface area contributed by atoms with Crippen molar-refractivity contribution in [1.29, 1.82) is 0 Å². The van der Waals surface area contributed by atoms with E-state index in [-0.39, 0.29) is 34.5 Å². The fourth-order valence-corrected chi connectivity index (χ4v) is 4.53. The molecule has 11 heteroatoms. The fourth-order valence-electron chi connectivity index (χ4n) is 4.53. The summed E-state index contributed by atoms with van der Waals surface area (Å²) in [5, 5.41) is 19.1. The molecular formula is C22H26F2N8O. The van der Waals surface area contributed by atoms with Crippen LogP contribution in [0.1, 0.15) is 45.0 Å². The van der Waals surface area contributed by atoms with Gasteiger partial charge in [-0.25, -0.2) is 18.7 Å². The number of halogens is 2. The molecule has 0 radical (unpaired) electrons. The van der Waals surface area contributed by atoms with Crippen molar-refractivity contribution in [2.24, 2.45) is 5.92 Å². The second-order valence-corrected chi connectivity index (χ2v) is 9.06. The first-order chi connectivity index (χ1) is 15.7. The molecule has 1 aliphatic heterocycles. The molecule has 1 fully saturated rings. The molecule has 4 heterocycles. The number of rotatable bonds is 4. The first-order valence-corrected chi connectivity index (χ1v) is 11.0. The average molecular weight is 457 g/mol. The van der Waals surface area contributed by atoms with Gasteiger partial charge in [0.15, 0.2) is 17.3 Å². The Labute approximate surface area is 188 Å². The van der Waals surface area contributed by atoms with Gasteiger partial charge >= 0.3 is 0 Å². The number of benzene rings is 1. The zero-order valence-corrected chi connectivity index (χ0v) is 18.7. The highest BCUT2D eigenvalue weighted by molar-refractivity contribution is 5.92. The lowest BCUT2D eigenvalue weighted by Crippen LogP contribution is -2.39. The van der Waals surface area contributed by atoms with Crippen molar-refractivity contribution in [1.82, 2.24) is 29.4 Å². The van der Waals surface area contributed by atoms with E-state index in [1.54, 1.807) is 17.8 Å². The minimum absolute atomic E-state index is 0.00383. The van der Waals surface area contributed by atoms with E-state index in [0.29, 0.717) is 18.3 Å². The van der Waals surface area contributed by atoms with Crippen molar-refractivity contribution < 1.29 is 13.9 Å². The largest absolute Gasteiger partial charge is 0.391 e. The molecule has 4 atom stereocenters. The monoisotopic (exact) mass is 456 g/mol. The number of hydrogen-bond donors (Lipinski definition) is 2. The van der Waals surface area contributed by atoms with E-state index >= 15 is 0 Å². The Morgan fingerprint density at radius 2 is 1.97 bits per heavy atom. The van der Waals surface area contributed by atoms with Gasteiger partial charge in [-0.3, -0.25) is 4.68 Å². The number of nitrogen functional groups attached to an aromatic ring is 1. The van der Waals surface area contributed by atoms with E-state index in [1.807, 2.05) is 13.1 Å². The minimum Gasteiger partial charge on any atom is -0.391 e. The number of piperidine rings is 1. The fraction of sp³-hybridized carbons (Fsp3) is 0.455. The van der Waals surface area contributed by atoms with E-state index in [9.17, 15) is 13.9 Å². The first-order valence-electron chi connectivity index (χ1n) is 11.0. The summed E-state index contributed by atoms with van der Waals surface area (Å²) in [4.78, 5) is 10.9. The topological polar surface area (TPSA) is 110 Å². The molecule has 0 spiro atoms. The number of nitrogens with two attached hydrogens (primary N) is 1. The van der Waals surface area contributed by atoms with Gasteiger partial charge in [-0.15, -0.1) is 5.10 Å². The van der Waals surface area contributed by atoms with Crippen LogP contribution in [0.15, 0.2) is 24.5 Å². The Morgan fingerprint density at radius 1 is 1.18 bits per heavy atom. The Hall–Kier alpha value is -3.34. The first kappa shape index (κ1) is 21.5. The zero-order chi connectivity index (χ0) is 23.4. The van der Waals surface area contributed by atoms with Crippen molar-refractivity contribution in [2.45, 2.75) is 45.3 Å². The Balaban J connectivity index is 1.50. The summed E-state index contributed by atoms with van der Waals surface area (Å²) in [6, 6.07) is 1.84. The van der Waals surface area contributed by atoms with Crippen molar-refractivity contribution in [3.8, 4) is 0 Å². The SMILES string of the molecule is C[C@H]1C[C@@H](c2nc3c4cc(F)cc(F)c4nc(N)n3n2)CN(c2cnn([C@H](C)[C@@H](C)O)c2)C1. The van der Waals surface area contributed by atoms with E-state index in [0.717, 1.165) is 24.7 Å².